The predicted molar refractivity (Wildman–Crippen MR) is 70.4 cm³/mol. The van der Waals surface area contributed by atoms with Gasteiger partial charge in [-0.1, -0.05) is 18.7 Å². The molecule has 1 aromatic rings. The number of rotatable bonds is 8. The van der Waals surface area contributed by atoms with Crippen molar-refractivity contribution >= 4 is 6.29 Å². The molecule has 17 heavy (non-hydrogen) atoms. The summed E-state index contributed by atoms with van der Waals surface area (Å²) in [4.78, 5) is 10.2. The second kappa shape index (κ2) is 7.66. The minimum absolute atomic E-state index is 0.568. The molecule has 0 spiro atoms. The van der Waals surface area contributed by atoms with E-state index < -0.39 is 0 Å². The zero-order valence-electron chi connectivity index (χ0n) is 10.4. The molecule has 0 atom stereocenters. The van der Waals surface area contributed by atoms with Crippen LogP contribution in [0.1, 0.15) is 31.7 Å². The Labute approximate surface area is 103 Å². The summed E-state index contributed by atoms with van der Waals surface area (Å²) in [6, 6.07) is 8.12. The van der Waals surface area contributed by atoms with Crippen LogP contribution in [0.2, 0.25) is 0 Å². The summed E-state index contributed by atoms with van der Waals surface area (Å²) in [5.74, 6) is 0.879. The quantitative estimate of drug-likeness (QED) is 0.389. The Bertz CT molecular complexity index is 352. The minimum Gasteiger partial charge on any atom is -0.489 e. The van der Waals surface area contributed by atoms with Crippen molar-refractivity contribution in [2.45, 2.75) is 32.6 Å². The van der Waals surface area contributed by atoms with E-state index in [0.29, 0.717) is 13.0 Å². The van der Waals surface area contributed by atoms with Crippen LogP contribution in [-0.2, 0) is 11.2 Å². The SMILES string of the molecule is C=C(C)COc1ccc(CCCCC=O)cc1. The highest BCUT2D eigenvalue weighted by molar-refractivity contribution is 5.48. The lowest BCUT2D eigenvalue weighted by Crippen LogP contribution is -1.97. The van der Waals surface area contributed by atoms with Crippen LogP contribution in [0.25, 0.3) is 0 Å². The number of unbranched alkanes of at least 4 members (excludes halogenated alkanes) is 2. The van der Waals surface area contributed by atoms with E-state index in [2.05, 4.69) is 18.7 Å². The third-order valence-corrected chi connectivity index (χ3v) is 2.45. The molecule has 2 nitrogen and oxygen atoms in total. The second-order valence-electron chi connectivity index (χ2n) is 4.30. The standard InChI is InChI=1S/C15H20O2/c1-13(2)12-17-15-9-7-14(8-10-15)6-4-3-5-11-16/h7-11H,1,3-6,12H2,2H3. The van der Waals surface area contributed by atoms with Crippen LogP contribution in [0, 0.1) is 0 Å². The molecule has 0 saturated carbocycles. The van der Waals surface area contributed by atoms with Gasteiger partial charge < -0.3 is 9.53 Å². The second-order valence-corrected chi connectivity index (χ2v) is 4.30. The summed E-state index contributed by atoms with van der Waals surface area (Å²) in [6.07, 6.45) is 4.70. The lowest BCUT2D eigenvalue weighted by molar-refractivity contribution is -0.107. The van der Waals surface area contributed by atoms with Gasteiger partial charge in [0.25, 0.3) is 0 Å². The molecule has 0 amide bonds. The van der Waals surface area contributed by atoms with Crippen LogP contribution in [-0.4, -0.2) is 12.9 Å². The van der Waals surface area contributed by atoms with E-state index in [1.807, 2.05) is 19.1 Å². The molecule has 0 unspecified atom stereocenters. The Hall–Kier alpha value is -1.57. The van der Waals surface area contributed by atoms with Crippen LogP contribution < -0.4 is 4.74 Å². The molecular formula is C15H20O2. The van der Waals surface area contributed by atoms with E-state index in [0.717, 1.165) is 36.9 Å². The maximum atomic E-state index is 10.2. The molecule has 1 rings (SSSR count). The molecule has 0 N–H and O–H groups in total. The van der Waals surface area contributed by atoms with E-state index in [4.69, 9.17) is 4.74 Å². The average molecular weight is 232 g/mol. The summed E-state index contributed by atoms with van der Waals surface area (Å²) >= 11 is 0. The monoisotopic (exact) mass is 232 g/mol. The first-order valence-corrected chi connectivity index (χ1v) is 6.02. The largest absolute Gasteiger partial charge is 0.489 e. The van der Waals surface area contributed by atoms with Gasteiger partial charge in [0.2, 0.25) is 0 Å². The summed E-state index contributed by atoms with van der Waals surface area (Å²) in [5, 5.41) is 0. The van der Waals surface area contributed by atoms with Crippen LogP contribution in [0.4, 0.5) is 0 Å². The van der Waals surface area contributed by atoms with Gasteiger partial charge >= 0.3 is 0 Å². The van der Waals surface area contributed by atoms with Gasteiger partial charge in [0.15, 0.2) is 0 Å². The van der Waals surface area contributed by atoms with Gasteiger partial charge in [0, 0.05) is 6.42 Å². The van der Waals surface area contributed by atoms with E-state index in [1.165, 1.54) is 5.56 Å². The number of ether oxygens (including phenoxy) is 1. The Morgan fingerprint density at radius 1 is 1.29 bits per heavy atom. The molecule has 0 radical (unpaired) electrons. The van der Waals surface area contributed by atoms with E-state index in [-0.39, 0.29) is 0 Å². The van der Waals surface area contributed by atoms with Gasteiger partial charge in [-0.05, 0) is 49.5 Å². The molecule has 0 saturated heterocycles. The van der Waals surface area contributed by atoms with Crippen molar-refractivity contribution in [3.05, 3.63) is 42.0 Å². The first kappa shape index (κ1) is 13.5. The molecule has 0 aliphatic heterocycles. The molecule has 2 heteroatoms. The first-order chi connectivity index (χ1) is 8.22. The van der Waals surface area contributed by atoms with E-state index >= 15 is 0 Å². The van der Waals surface area contributed by atoms with Gasteiger partial charge in [-0.3, -0.25) is 0 Å². The number of carbonyl (C=O) groups is 1. The van der Waals surface area contributed by atoms with Crippen LogP contribution in [0.15, 0.2) is 36.4 Å². The number of aldehydes is 1. The predicted octanol–water partition coefficient (Wildman–Crippen LogP) is 3.55. The average Bonchev–Trinajstić information content (AvgIpc) is 2.33. The number of hydrogen-bond acceptors (Lipinski definition) is 2. The molecule has 0 aromatic heterocycles. The van der Waals surface area contributed by atoms with E-state index in [1.54, 1.807) is 0 Å². The maximum Gasteiger partial charge on any atom is 0.119 e. The maximum absolute atomic E-state index is 10.2. The van der Waals surface area contributed by atoms with Crippen LogP contribution in [0.5, 0.6) is 5.75 Å². The van der Waals surface area contributed by atoms with Crippen molar-refractivity contribution in [2.24, 2.45) is 0 Å². The number of benzene rings is 1. The Morgan fingerprint density at radius 2 is 2.00 bits per heavy atom. The first-order valence-electron chi connectivity index (χ1n) is 6.02. The Morgan fingerprint density at radius 3 is 2.59 bits per heavy atom. The highest BCUT2D eigenvalue weighted by Gasteiger charge is 1.96. The lowest BCUT2D eigenvalue weighted by atomic mass is 10.1. The third-order valence-electron chi connectivity index (χ3n) is 2.45. The van der Waals surface area contributed by atoms with Crippen LogP contribution >= 0.6 is 0 Å². The molecule has 0 heterocycles. The number of aryl methyl sites for hydroxylation is 1. The highest BCUT2D eigenvalue weighted by atomic mass is 16.5. The topological polar surface area (TPSA) is 26.3 Å². The molecule has 92 valence electrons. The van der Waals surface area contributed by atoms with Gasteiger partial charge in [-0.25, -0.2) is 0 Å². The van der Waals surface area contributed by atoms with Gasteiger partial charge in [-0.15, -0.1) is 0 Å². The minimum atomic E-state index is 0.568. The van der Waals surface area contributed by atoms with Crippen molar-refractivity contribution in [2.75, 3.05) is 6.61 Å². The smallest absolute Gasteiger partial charge is 0.119 e. The van der Waals surface area contributed by atoms with Gasteiger partial charge in [0.05, 0.1) is 0 Å². The van der Waals surface area contributed by atoms with Crippen molar-refractivity contribution in [1.29, 1.82) is 0 Å². The fraction of sp³-hybridized carbons (Fsp3) is 0.400. The third kappa shape index (κ3) is 5.91. The van der Waals surface area contributed by atoms with Crippen LogP contribution in [0.3, 0.4) is 0 Å². The molecule has 0 aliphatic rings. The molecular weight excluding hydrogens is 212 g/mol. The zero-order valence-corrected chi connectivity index (χ0v) is 10.4. The van der Waals surface area contributed by atoms with Crippen molar-refractivity contribution < 1.29 is 9.53 Å². The Kier molecular flexibility index (Phi) is 6.08. The summed E-state index contributed by atoms with van der Waals surface area (Å²) in [5.41, 5.74) is 2.31. The summed E-state index contributed by atoms with van der Waals surface area (Å²) in [7, 11) is 0. The fourth-order valence-electron chi connectivity index (χ4n) is 1.52. The number of carbonyl (C=O) groups excluding carboxylic acids is 1. The molecule has 1 aromatic carbocycles. The summed E-state index contributed by atoms with van der Waals surface area (Å²) < 4.78 is 5.52. The highest BCUT2D eigenvalue weighted by Crippen LogP contribution is 2.14. The van der Waals surface area contributed by atoms with Crippen molar-refractivity contribution in [1.82, 2.24) is 0 Å². The van der Waals surface area contributed by atoms with Crippen molar-refractivity contribution in [3.8, 4) is 5.75 Å². The van der Waals surface area contributed by atoms with Crippen molar-refractivity contribution in [3.63, 3.8) is 0 Å². The lowest BCUT2D eigenvalue weighted by Gasteiger charge is -2.06. The normalized spacial score (nSPS) is 9.94. The molecule has 0 aliphatic carbocycles. The number of hydrogen-bond donors (Lipinski definition) is 0. The van der Waals surface area contributed by atoms with Gasteiger partial charge in [0.1, 0.15) is 18.6 Å². The summed E-state index contributed by atoms with van der Waals surface area (Å²) in [6.45, 7) is 6.31. The molecule has 0 bridgehead atoms. The molecule has 0 fully saturated rings. The Balaban J connectivity index is 2.33. The fourth-order valence-corrected chi connectivity index (χ4v) is 1.52. The van der Waals surface area contributed by atoms with E-state index in [9.17, 15) is 4.79 Å². The zero-order chi connectivity index (χ0) is 12.5. The van der Waals surface area contributed by atoms with Gasteiger partial charge in [-0.2, -0.15) is 0 Å².